The summed E-state index contributed by atoms with van der Waals surface area (Å²) in [4.78, 5) is 2.68. The molecular formula is C18H28N2O. The summed E-state index contributed by atoms with van der Waals surface area (Å²) in [7, 11) is 0. The summed E-state index contributed by atoms with van der Waals surface area (Å²) in [5.41, 5.74) is 1.29. The molecule has 0 radical (unpaired) electrons. The van der Waals surface area contributed by atoms with Gasteiger partial charge < -0.3 is 10.1 Å². The molecule has 21 heavy (non-hydrogen) atoms. The van der Waals surface area contributed by atoms with Gasteiger partial charge in [0.15, 0.2) is 0 Å². The van der Waals surface area contributed by atoms with E-state index in [2.05, 4.69) is 41.4 Å². The van der Waals surface area contributed by atoms with Crippen LogP contribution in [0.3, 0.4) is 0 Å². The highest BCUT2D eigenvalue weighted by molar-refractivity contribution is 5.35. The molecule has 3 heteroatoms. The number of piperidine rings is 1. The van der Waals surface area contributed by atoms with E-state index in [1.165, 1.54) is 44.3 Å². The molecule has 3 nitrogen and oxygen atoms in total. The smallest absolute Gasteiger partial charge is 0.124 e. The Bertz CT molecular complexity index is 462. The molecule has 0 aliphatic carbocycles. The van der Waals surface area contributed by atoms with Gasteiger partial charge in [-0.15, -0.1) is 0 Å². The molecule has 2 aliphatic heterocycles. The molecule has 116 valence electrons. The van der Waals surface area contributed by atoms with Gasteiger partial charge in [0.25, 0.3) is 0 Å². The molecule has 2 fully saturated rings. The Morgan fingerprint density at radius 1 is 1.24 bits per heavy atom. The predicted molar refractivity (Wildman–Crippen MR) is 86.8 cm³/mol. The first-order valence-corrected chi connectivity index (χ1v) is 8.51. The van der Waals surface area contributed by atoms with E-state index in [1.807, 2.05) is 6.92 Å². The van der Waals surface area contributed by atoms with Gasteiger partial charge in [-0.1, -0.05) is 24.6 Å². The molecule has 1 N–H and O–H groups in total. The SMILES string of the molecule is CCOc1ccccc1C(C)NC1CCN2CCCCC12. The fourth-order valence-corrected chi connectivity index (χ4v) is 3.98. The van der Waals surface area contributed by atoms with E-state index in [0.29, 0.717) is 12.1 Å². The maximum absolute atomic E-state index is 5.78. The van der Waals surface area contributed by atoms with Crippen LogP contribution in [0.4, 0.5) is 0 Å². The first-order chi connectivity index (χ1) is 10.3. The van der Waals surface area contributed by atoms with Gasteiger partial charge in [0, 0.05) is 30.2 Å². The van der Waals surface area contributed by atoms with Crippen LogP contribution in [0.2, 0.25) is 0 Å². The quantitative estimate of drug-likeness (QED) is 0.899. The lowest BCUT2D eigenvalue weighted by atomic mass is 9.97. The molecule has 1 aromatic rings. The highest BCUT2D eigenvalue weighted by Gasteiger charge is 2.36. The molecule has 0 saturated carbocycles. The third-order valence-corrected chi connectivity index (χ3v) is 5.01. The molecule has 0 amide bonds. The Labute approximate surface area is 128 Å². The van der Waals surface area contributed by atoms with Crippen molar-refractivity contribution in [3.05, 3.63) is 29.8 Å². The van der Waals surface area contributed by atoms with Gasteiger partial charge in [-0.05, 0) is 45.7 Å². The van der Waals surface area contributed by atoms with E-state index in [1.54, 1.807) is 0 Å². The monoisotopic (exact) mass is 288 g/mol. The van der Waals surface area contributed by atoms with E-state index >= 15 is 0 Å². The summed E-state index contributed by atoms with van der Waals surface area (Å²) in [6, 6.07) is 10.2. The largest absolute Gasteiger partial charge is 0.494 e. The van der Waals surface area contributed by atoms with Crippen molar-refractivity contribution < 1.29 is 4.74 Å². The van der Waals surface area contributed by atoms with Crippen LogP contribution in [0.5, 0.6) is 5.75 Å². The van der Waals surface area contributed by atoms with Crippen LogP contribution in [0, 0.1) is 0 Å². The van der Waals surface area contributed by atoms with Crippen molar-refractivity contribution >= 4 is 0 Å². The number of nitrogens with zero attached hydrogens (tertiary/aromatic N) is 1. The van der Waals surface area contributed by atoms with Gasteiger partial charge in [-0.3, -0.25) is 4.90 Å². The third kappa shape index (κ3) is 3.24. The minimum absolute atomic E-state index is 0.347. The van der Waals surface area contributed by atoms with Crippen LogP contribution >= 0.6 is 0 Å². The number of hydrogen-bond donors (Lipinski definition) is 1. The minimum atomic E-state index is 0.347. The number of rotatable bonds is 5. The summed E-state index contributed by atoms with van der Waals surface area (Å²) < 4.78 is 5.78. The van der Waals surface area contributed by atoms with Crippen molar-refractivity contribution in [2.24, 2.45) is 0 Å². The molecular weight excluding hydrogens is 260 g/mol. The second kappa shape index (κ2) is 6.80. The first kappa shape index (κ1) is 14.9. The van der Waals surface area contributed by atoms with Crippen molar-refractivity contribution in [3.63, 3.8) is 0 Å². The van der Waals surface area contributed by atoms with Crippen molar-refractivity contribution in [2.45, 2.75) is 57.7 Å². The van der Waals surface area contributed by atoms with Gasteiger partial charge in [0.1, 0.15) is 5.75 Å². The summed E-state index contributed by atoms with van der Waals surface area (Å²) in [5, 5.41) is 3.87. The van der Waals surface area contributed by atoms with E-state index < -0.39 is 0 Å². The lowest BCUT2D eigenvalue weighted by molar-refractivity contribution is 0.177. The third-order valence-electron chi connectivity index (χ3n) is 5.01. The molecule has 2 saturated heterocycles. The Balaban J connectivity index is 1.67. The minimum Gasteiger partial charge on any atom is -0.494 e. The molecule has 0 bridgehead atoms. The number of nitrogens with one attached hydrogen (secondary N) is 1. The van der Waals surface area contributed by atoms with Crippen LogP contribution in [-0.2, 0) is 0 Å². The lowest BCUT2D eigenvalue weighted by Crippen LogP contribution is -2.45. The van der Waals surface area contributed by atoms with Crippen LogP contribution in [-0.4, -0.2) is 36.7 Å². The van der Waals surface area contributed by atoms with Crippen LogP contribution in [0.25, 0.3) is 0 Å². The maximum atomic E-state index is 5.78. The van der Waals surface area contributed by atoms with Crippen molar-refractivity contribution in [1.82, 2.24) is 10.2 Å². The molecule has 0 aromatic heterocycles. The fourth-order valence-electron chi connectivity index (χ4n) is 3.98. The fraction of sp³-hybridized carbons (Fsp3) is 0.667. The van der Waals surface area contributed by atoms with E-state index in [9.17, 15) is 0 Å². The second-order valence-corrected chi connectivity index (χ2v) is 6.35. The first-order valence-electron chi connectivity index (χ1n) is 8.51. The van der Waals surface area contributed by atoms with Gasteiger partial charge >= 0.3 is 0 Å². The average molecular weight is 288 g/mol. The summed E-state index contributed by atoms with van der Waals surface area (Å²) in [6.07, 6.45) is 5.42. The normalized spacial score (nSPS) is 27.3. The molecule has 3 rings (SSSR count). The zero-order valence-electron chi connectivity index (χ0n) is 13.3. The van der Waals surface area contributed by atoms with Crippen LogP contribution in [0.1, 0.15) is 51.1 Å². The van der Waals surface area contributed by atoms with Crippen molar-refractivity contribution in [1.29, 1.82) is 0 Å². The Morgan fingerprint density at radius 2 is 2.10 bits per heavy atom. The topological polar surface area (TPSA) is 24.5 Å². The Kier molecular flexibility index (Phi) is 4.81. The van der Waals surface area contributed by atoms with Gasteiger partial charge in [-0.25, -0.2) is 0 Å². The van der Waals surface area contributed by atoms with E-state index in [-0.39, 0.29) is 0 Å². The lowest BCUT2D eigenvalue weighted by Gasteiger charge is -2.34. The summed E-state index contributed by atoms with van der Waals surface area (Å²) in [6.45, 7) is 7.60. The number of fused-ring (bicyclic) bond motifs is 1. The number of hydrogen-bond acceptors (Lipinski definition) is 3. The van der Waals surface area contributed by atoms with Crippen LogP contribution < -0.4 is 10.1 Å². The number of ether oxygens (including phenoxy) is 1. The standard InChI is InChI=1S/C18H28N2O/c1-3-21-18-10-5-4-8-15(18)14(2)19-16-11-13-20-12-7-6-9-17(16)20/h4-5,8,10,14,16-17,19H,3,6-7,9,11-13H2,1-2H3. The number of benzene rings is 1. The Morgan fingerprint density at radius 3 is 2.95 bits per heavy atom. The zero-order valence-corrected chi connectivity index (χ0v) is 13.3. The van der Waals surface area contributed by atoms with Gasteiger partial charge in [0.2, 0.25) is 0 Å². The highest BCUT2D eigenvalue weighted by atomic mass is 16.5. The van der Waals surface area contributed by atoms with Crippen LogP contribution in [0.15, 0.2) is 24.3 Å². The van der Waals surface area contributed by atoms with Crippen molar-refractivity contribution in [2.75, 3.05) is 19.7 Å². The zero-order chi connectivity index (χ0) is 14.7. The molecule has 2 heterocycles. The predicted octanol–water partition coefficient (Wildman–Crippen LogP) is 3.36. The average Bonchev–Trinajstić information content (AvgIpc) is 2.91. The highest BCUT2D eigenvalue weighted by Crippen LogP contribution is 2.31. The summed E-state index contributed by atoms with van der Waals surface area (Å²) in [5.74, 6) is 1.03. The molecule has 1 aromatic carbocycles. The van der Waals surface area contributed by atoms with Gasteiger partial charge in [0.05, 0.1) is 6.61 Å². The summed E-state index contributed by atoms with van der Waals surface area (Å²) >= 11 is 0. The molecule has 3 atom stereocenters. The van der Waals surface area contributed by atoms with Gasteiger partial charge in [-0.2, -0.15) is 0 Å². The Hall–Kier alpha value is -1.06. The van der Waals surface area contributed by atoms with Crippen molar-refractivity contribution in [3.8, 4) is 5.75 Å². The molecule has 2 aliphatic rings. The van der Waals surface area contributed by atoms with E-state index in [4.69, 9.17) is 4.74 Å². The van der Waals surface area contributed by atoms with E-state index in [0.717, 1.165) is 18.4 Å². The molecule has 0 spiro atoms. The molecule has 3 unspecified atom stereocenters. The number of para-hydroxylation sites is 1. The second-order valence-electron chi connectivity index (χ2n) is 6.35. The maximum Gasteiger partial charge on any atom is 0.124 e.